The standard InChI is InChI=1S/C24H33N3O3/c1-18-15-19(2)20(3)23(16-18)30-14-6-9-25-24(29)17-26-10-12-27(13-11-26)21-7-4-5-8-22(21)28/h4-5,7-8,15-16,28H,6,9-14,17H2,1-3H3,(H,25,29). The van der Waals surface area contributed by atoms with Crippen molar-refractivity contribution in [2.45, 2.75) is 27.2 Å². The molecule has 0 spiro atoms. The lowest BCUT2D eigenvalue weighted by Crippen LogP contribution is -2.49. The van der Waals surface area contributed by atoms with Crippen LogP contribution in [-0.2, 0) is 4.79 Å². The van der Waals surface area contributed by atoms with Gasteiger partial charge in [-0.1, -0.05) is 18.2 Å². The Balaban J connectivity index is 1.33. The molecule has 1 fully saturated rings. The van der Waals surface area contributed by atoms with Crippen LogP contribution >= 0.6 is 0 Å². The molecule has 2 aromatic rings. The fourth-order valence-electron chi connectivity index (χ4n) is 3.77. The highest BCUT2D eigenvalue weighted by atomic mass is 16.5. The van der Waals surface area contributed by atoms with Gasteiger partial charge in [-0.25, -0.2) is 0 Å². The number of piperazine rings is 1. The number of carbonyl (C=O) groups excluding carboxylic acids is 1. The van der Waals surface area contributed by atoms with E-state index in [1.165, 1.54) is 16.7 Å². The Kier molecular flexibility index (Phi) is 7.57. The van der Waals surface area contributed by atoms with Crippen molar-refractivity contribution in [3.63, 3.8) is 0 Å². The van der Waals surface area contributed by atoms with Gasteiger partial charge in [0.25, 0.3) is 0 Å². The van der Waals surface area contributed by atoms with E-state index in [9.17, 15) is 9.90 Å². The fraction of sp³-hybridized carbons (Fsp3) is 0.458. The molecule has 3 rings (SSSR count). The van der Waals surface area contributed by atoms with Crippen molar-refractivity contribution >= 4 is 11.6 Å². The second kappa shape index (κ2) is 10.3. The summed E-state index contributed by atoms with van der Waals surface area (Å²) in [5, 5.41) is 13.0. The molecule has 0 radical (unpaired) electrons. The molecule has 1 heterocycles. The Bertz CT molecular complexity index is 861. The summed E-state index contributed by atoms with van der Waals surface area (Å²) in [6.45, 7) is 11.1. The molecule has 0 unspecified atom stereocenters. The Morgan fingerprint density at radius 1 is 1.10 bits per heavy atom. The maximum Gasteiger partial charge on any atom is 0.234 e. The van der Waals surface area contributed by atoms with Crippen LogP contribution in [0.15, 0.2) is 36.4 Å². The molecule has 0 saturated carbocycles. The molecule has 2 N–H and O–H groups in total. The summed E-state index contributed by atoms with van der Waals surface area (Å²) in [5.74, 6) is 1.29. The van der Waals surface area contributed by atoms with Crippen molar-refractivity contribution in [3.05, 3.63) is 53.1 Å². The summed E-state index contributed by atoms with van der Waals surface area (Å²) in [4.78, 5) is 16.6. The first-order valence-corrected chi connectivity index (χ1v) is 10.7. The molecule has 0 aromatic heterocycles. The SMILES string of the molecule is Cc1cc(C)c(C)c(OCCCNC(=O)CN2CCN(c3ccccc3O)CC2)c1. The lowest BCUT2D eigenvalue weighted by molar-refractivity contribution is -0.122. The van der Waals surface area contributed by atoms with Crippen LogP contribution in [0.4, 0.5) is 5.69 Å². The molecular formula is C24H33N3O3. The van der Waals surface area contributed by atoms with Crippen LogP contribution in [0.2, 0.25) is 0 Å². The van der Waals surface area contributed by atoms with Crippen molar-refractivity contribution in [2.24, 2.45) is 0 Å². The number of rotatable bonds is 8. The molecule has 30 heavy (non-hydrogen) atoms. The van der Waals surface area contributed by atoms with Gasteiger partial charge in [0.1, 0.15) is 11.5 Å². The molecule has 162 valence electrons. The Hall–Kier alpha value is -2.73. The van der Waals surface area contributed by atoms with Gasteiger partial charge in [0.15, 0.2) is 0 Å². The minimum absolute atomic E-state index is 0.0496. The monoisotopic (exact) mass is 411 g/mol. The van der Waals surface area contributed by atoms with E-state index in [-0.39, 0.29) is 5.91 Å². The highest BCUT2D eigenvalue weighted by molar-refractivity contribution is 5.78. The third-order valence-corrected chi connectivity index (χ3v) is 5.63. The largest absolute Gasteiger partial charge is 0.506 e. The van der Waals surface area contributed by atoms with Gasteiger partial charge in [-0.15, -0.1) is 0 Å². The van der Waals surface area contributed by atoms with Crippen molar-refractivity contribution in [1.29, 1.82) is 0 Å². The Morgan fingerprint density at radius 2 is 1.83 bits per heavy atom. The van der Waals surface area contributed by atoms with Crippen LogP contribution in [0.1, 0.15) is 23.1 Å². The van der Waals surface area contributed by atoms with E-state index < -0.39 is 0 Å². The van der Waals surface area contributed by atoms with E-state index in [1.54, 1.807) is 6.07 Å². The van der Waals surface area contributed by atoms with Crippen LogP contribution in [-0.4, -0.2) is 61.8 Å². The molecule has 1 saturated heterocycles. The average molecular weight is 412 g/mol. The topological polar surface area (TPSA) is 65.0 Å². The number of phenols is 1. The number of benzene rings is 2. The third-order valence-electron chi connectivity index (χ3n) is 5.63. The Labute approximate surface area is 179 Å². The van der Waals surface area contributed by atoms with E-state index in [2.05, 4.69) is 48.0 Å². The normalized spacial score (nSPS) is 14.6. The zero-order valence-corrected chi connectivity index (χ0v) is 18.3. The maximum atomic E-state index is 12.2. The number of ether oxygens (including phenoxy) is 1. The highest BCUT2D eigenvalue weighted by Gasteiger charge is 2.20. The summed E-state index contributed by atoms with van der Waals surface area (Å²) >= 11 is 0. The zero-order chi connectivity index (χ0) is 21.5. The number of para-hydroxylation sites is 2. The van der Waals surface area contributed by atoms with E-state index in [1.807, 2.05) is 18.2 Å². The number of hydrogen-bond acceptors (Lipinski definition) is 5. The lowest BCUT2D eigenvalue weighted by Gasteiger charge is -2.35. The zero-order valence-electron chi connectivity index (χ0n) is 18.3. The first kappa shape index (κ1) is 22.0. The van der Waals surface area contributed by atoms with Gasteiger partial charge in [0, 0.05) is 32.7 Å². The van der Waals surface area contributed by atoms with Crippen LogP contribution in [0.3, 0.4) is 0 Å². The molecule has 1 aliphatic heterocycles. The first-order chi connectivity index (χ1) is 14.4. The number of anilines is 1. The molecule has 0 bridgehead atoms. The predicted octanol–water partition coefficient (Wildman–Crippen LogP) is 3.02. The van der Waals surface area contributed by atoms with Gasteiger partial charge < -0.3 is 20.1 Å². The molecule has 0 atom stereocenters. The molecule has 6 nitrogen and oxygen atoms in total. The summed E-state index contributed by atoms with van der Waals surface area (Å²) in [5.41, 5.74) is 4.47. The fourth-order valence-corrected chi connectivity index (χ4v) is 3.77. The van der Waals surface area contributed by atoms with Crippen molar-refractivity contribution in [1.82, 2.24) is 10.2 Å². The van der Waals surface area contributed by atoms with Gasteiger partial charge >= 0.3 is 0 Å². The van der Waals surface area contributed by atoms with Crippen molar-refractivity contribution < 1.29 is 14.6 Å². The third kappa shape index (κ3) is 5.89. The molecule has 1 aliphatic rings. The number of amides is 1. The van der Waals surface area contributed by atoms with Gasteiger partial charge in [-0.2, -0.15) is 0 Å². The quantitative estimate of drug-likeness (QED) is 0.654. The van der Waals surface area contributed by atoms with Gasteiger partial charge in [0.05, 0.1) is 18.8 Å². The number of phenolic OH excluding ortho intramolecular Hbond substituents is 1. The minimum Gasteiger partial charge on any atom is -0.506 e. The summed E-state index contributed by atoms with van der Waals surface area (Å²) in [6.07, 6.45) is 0.777. The van der Waals surface area contributed by atoms with Crippen LogP contribution in [0.5, 0.6) is 11.5 Å². The number of nitrogens with zero attached hydrogens (tertiary/aromatic N) is 2. The number of hydrogen-bond donors (Lipinski definition) is 2. The molecule has 0 aliphatic carbocycles. The molecule has 1 amide bonds. The van der Waals surface area contributed by atoms with Gasteiger partial charge in [0.2, 0.25) is 5.91 Å². The lowest BCUT2D eigenvalue weighted by atomic mass is 10.1. The highest BCUT2D eigenvalue weighted by Crippen LogP contribution is 2.27. The van der Waals surface area contributed by atoms with E-state index in [0.29, 0.717) is 25.4 Å². The van der Waals surface area contributed by atoms with Crippen molar-refractivity contribution in [3.8, 4) is 11.5 Å². The number of nitrogens with one attached hydrogen (secondary N) is 1. The minimum atomic E-state index is 0.0496. The van der Waals surface area contributed by atoms with Crippen LogP contribution in [0.25, 0.3) is 0 Å². The summed E-state index contributed by atoms with van der Waals surface area (Å²) in [6, 6.07) is 11.6. The Morgan fingerprint density at radius 3 is 2.57 bits per heavy atom. The van der Waals surface area contributed by atoms with Crippen molar-refractivity contribution in [2.75, 3.05) is 50.8 Å². The summed E-state index contributed by atoms with van der Waals surface area (Å²) < 4.78 is 5.91. The number of aromatic hydroxyl groups is 1. The van der Waals surface area contributed by atoms with E-state index >= 15 is 0 Å². The molecule has 2 aromatic carbocycles. The van der Waals surface area contributed by atoms with Gasteiger partial charge in [-0.05, 0) is 62.1 Å². The average Bonchev–Trinajstić information content (AvgIpc) is 2.72. The molecular weight excluding hydrogens is 378 g/mol. The van der Waals surface area contributed by atoms with Crippen LogP contribution < -0.4 is 15.0 Å². The van der Waals surface area contributed by atoms with Gasteiger partial charge in [-0.3, -0.25) is 9.69 Å². The van der Waals surface area contributed by atoms with E-state index in [4.69, 9.17) is 4.74 Å². The number of aryl methyl sites for hydroxylation is 2. The second-order valence-electron chi connectivity index (χ2n) is 8.01. The predicted molar refractivity (Wildman–Crippen MR) is 121 cm³/mol. The smallest absolute Gasteiger partial charge is 0.234 e. The second-order valence-corrected chi connectivity index (χ2v) is 8.01. The van der Waals surface area contributed by atoms with Crippen LogP contribution in [0, 0.1) is 20.8 Å². The summed E-state index contributed by atoms with van der Waals surface area (Å²) in [7, 11) is 0. The molecule has 6 heteroatoms. The first-order valence-electron chi connectivity index (χ1n) is 10.7. The van der Waals surface area contributed by atoms with E-state index in [0.717, 1.165) is 44.0 Å². The maximum absolute atomic E-state index is 12.2. The number of carbonyl (C=O) groups is 1.